The fourth-order valence-corrected chi connectivity index (χ4v) is 2.24. The SMILES string of the molecule is C=C[C@@](C)(O)CC(=O)N1CCc2cc(OC)ccc21. The molecule has 1 heterocycles. The Morgan fingerprint density at radius 3 is 3.00 bits per heavy atom. The van der Waals surface area contributed by atoms with Crippen molar-refractivity contribution in [2.75, 3.05) is 18.6 Å². The summed E-state index contributed by atoms with van der Waals surface area (Å²) < 4.78 is 5.18. The molecule has 0 bridgehead atoms. The number of nitrogens with zero attached hydrogens (tertiary/aromatic N) is 1. The van der Waals surface area contributed by atoms with Gasteiger partial charge in [-0.25, -0.2) is 0 Å². The molecule has 0 spiro atoms. The van der Waals surface area contributed by atoms with Crippen molar-refractivity contribution in [3.8, 4) is 5.75 Å². The van der Waals surface area contributed by atoms with Crippen molar-refractivity contribution in [2.45, 2.75) is 25.4 Å². The number of hydrogen-bond donors (Lipinski definition) is 1. The van der Waals surface area contributed by atoms with Crippen molar-refractivity contribution in [1.82, 2.24) is 0 Å². The number of hydrogen-bond acceptors (Lipinski definition) is 3. The summed E-state index contributed by atoms with van der Waals surface area (Å²) in [6.07, 6.45) is 2.26. The van der Waals surface area contributed by atoms with Crippen LogP contribution in [0.1, 0.15) is 18.9 Å². The van der Waals surface area contributed by atoms with Gasteiger partial charge in [0, 0.05) is 12.2 Å². The second kappa shape index (κ2) is 5.05. The zero-order valence-electron chi connectivity index (χ0n) is 11.3. The van der Waals surface area contributed by atoms with E-state index in [4.69, 9.17) is 4.74 Å². The summed E-state index contributed by atoms with van der Waals surface area (Å²) >= 11 is 0. The third-order valence-electron chi connectivity index (χ3n) is 3.43. The first kappa shape index (κ1) is 13.6. The highest BCUT2D eigenvalue weighted by atomic mass is 16.5. The van der Waals surface area contributed by atoms with Gasteiger partial charge in [-0.1, -0.05) is 6.08 Å². The van der Waals surface area contributed by atoms with Crippen LogP contribution in [0.25, 0.3) is 0 Å². The van der Waals surface area contributed by atoms with Gasteiger partial charge in [0.25, 0.3) is 0 Å². The molecule has 1 aliphatic rings. The predicted octanol–water partition coefficient (Wildman–Crippen LogP) is 1.91. The van der Waals surface area contributed by atoms with E-state index in [1.807, 2.05) is 18.2 Å². The summed E-state index contributed by atoms with van der Waals surface area (Å²) in [4.78, 5) is 13.9. The molecular formula is C15H19NO3. The minimum Gasteiger partial charge on any atom is -0.497 e. The number of anilines is 1. The van der Waals surface area contributed by atoms with Gasteiger partial charge in [0.15, 0.2) is 0 Å². The van der Waals surface area contributed by atoms with Gasteiger partial charge in [-0.2, -0.15) is 0 Å². The van der Waals surface area contributed by atoms with Gasteiger partial charge in [-0.3, -0.25) is 4.79 Å². The van der Waals surface area contributed by atoms with Gasteiger partial charge >= 0.3 is 0 Å². The molecule has 0 fully saturated rings. The van der Waals surface area contributed by atoms with Crippen molar-refractivity contribution in [3.05, 3.63) is 36.4 Å². The molecule has 102 valence electrons. The number of carbonyl (C=O) groups is 1. The van der Waals surface area contributed by atoms with Crippen LogP contribution in [-0.2, 0) is 11.2 Å². The van der Waals surface area contributed by atoms with Crippen LogP contribution in [0.2, 0.25) is 0 Å². The summed E-state index contributed by atoms with van der Waals surface area (Å²) in [6.45, 7) is 5.78. The lowest BCUT2D eigenvalue weighted by molar-refractivity contribution is -0.121. The molecule has 4 heteroatoms. The lowest BCUT2D eigenvalue weighted by atomic mass is 10.0. The molecule has 1 aliphatic heterocycles. The first-order chi connectivity index (χ1) is 8.96. The topological polar surface area (TPSA) is 49.8 Å². The molecular weight excluding hydrogens is 242 g/mol. The normalized spacial score (nSPS) is 16.7. The van der Waals surface area contributed by atoms with Crippen molar-refractivity contribution >= 4 is 11.6 Å². The number of amides is 1. The third-order valence-corrected chi connectivity index (χ3v) is 3.43. The predicted molar refractivity (Wildman–Crippen MR) is 74.5 cm³/mol. The largest absolute Gasteiger partial charge is 0.497 e. The zero-order valence-corrected chi connectivity index (χ0v) is 11.3. The number of carbonyl (C=O) groups excluding carboxylic acids is 1. The summed E-state index contributed by atoms with van der Waals surface area (Å²) in [5.41, 5.74) is 0.850. The Hall–Kier alpha value is -1.81. The van der Waals surface area contributed by atoms with E-state index in [1.54, 1.807) is 18.9 Å². The standard InChI is InChI=1S/C15H19NO3/c1-4-15(2,18)10-14(17)16-8-7-11-9-12(19-3)5-6-13(11)16/h4-6,9,18H,1,7-8,10H2,2-3H3/t15-/m1/s1. The Bertz CT molecular complexity index is 508. The van der Waals surface area contributed by atoms with E-state index in [2.05, 4.69) is 6.58 Å². The Balaban J connectivity index is 2.18. The van der Waals surface area contributed by atoms with E-state index >= 15 is 0 Å². The molecule has 1 aromatic rings. The molecule has 1 atom stereocenters. The Morgan fingerprint density at radius 2 is 2.37 bits per heavy atom. The van der Waals surface area contributed by atoms with E-state index < -0.39 is 5.60 Å². The first-order valence-corrected chi connectivity index (χ1v) is 6.30. The van der Waals surface area contributed by atoms with E-state index in [0.717, 1.165) is 23.4 Å². The van der Waals surface area contributed by atoms with Gasteiger partial charge in [0.05, 0.1) is 19.1 Å². The minimum atomic E-state index is -1.16. The maximum absolute atomic E-state index is 12.2. The van der Waals surface area contributed by atoms with Gasteiger partial charge in [-0.15, -0.1) is 6.58 Å². The minimum absolute atomic E-state index is 0.0436. The Kier molecular flexibility index (Phi) is 3.62. The smallest absolute Gasteiger partial charge is 0.230 e. The van der Waals surface area contributed by atoms with Crippen molar-refractivity contribution < 1.29 is 14.6 Å². The maximum atomic E-state index is 12.2. The third kappa shape index (κ3) is 2.79. The van der Waals surface area contributed by atoms with Crippen molar-refractivity contribution in [2.24, 2.45) is 0 Å². The van der Waals surface area contributed by atoms with Crippen LogP contribution in [0.4, 0.5) is 5.69 Å². The van der Waals surface area contributed by atoms with E-state index in [-0.39, 0.29) is 12.3 Å². The zero-order chi connectivity index (χ0) is 14.0. The number of methoxy groups -OCH3 is 1. The summed E-state index contributed by atoms with van der Waals surface area (Å²) in [5, 5.41) is 9.90. The molecule has 0 unspecified atom stereocenters. The number of rotatable bonds is 4. The van der Waals surface area contributed by atoms with Crippen molar-refractivity contribution in [1.29, 1.82) is 0 Å². The number of benzene rings is 1. The molecule has 0 aromatic heterocycles. The second-order valence-corrected chi connectivity index (χ2v) is 5.03. The second-order valence-electron chi connectivity index (χ2n) is 5.03. The van der Waals surface area contributed by atoms with E-state index in [1.165, 1.54) is 6.08 Å². The van der Waals surface area contributed by atoms with Gasteiger partial charge in [0.1, 0.15) is 5.75 Å². The summed E-state index contributed by atoms with van der Waals surface area (Å²) in [5.74, 6) is 0.708. The fourth-order valence-electron chi connectivity index (χ4n) is 2.24. The van der Waals surface area contributed by atoms with Crippen LogP contribution in [0.3, 0.4) is 0 Å². The quantitative estimate of drug-likeness (QED) is 0.842. The molecule has 19 heavy (non-hydrogen) atoms. The highest BCUT2D eigenvalue weighted by molar-refractivity contribution is 5.96. The molecule has 2 rings (SSSR count). The Labute approximate surface area is 113 Å². The molecule has 1 aromatic carbocycles. The molecule has 1 N–H and O–H groups in total. The van der Waals surface area contributed by atoms with Gasteiger partial charge < -0.3 is 14.7 Å². The summed E-state index contributed by atoms with van der Waals surface area (Å²) in [6, 6.07) is 5.69. The lowest BCUT2D eigenvalue weighted by Gasteiger charge is -2.23. The van der Waals surface area contributed by atoms with Crippen LogP contribution < -0.4 is 9.64 Å². The van der Waals surface area contributed by atoms with Crippen LogP contribution in [0.5, 0.6) is 5.75 Å². The van der Waals surface area contributed by atoms with Gasteiger partial charge in [0.2, 0.25) is 5.91 Å². The van der Waals surface area contributed by atoms with E-state index in [0.29, 0.717) is 6.54 Å². The van der Waals surface area contributed by atoms with Crippen LogP contribution in [0, 0.1) is 0 Å². The molecule has 0 aliphatic carbocycles. The van der Waals surface area contributed by atoms with Gasteiger partial charge in [-0.05, 0) is 37.1 Å². The van der Waals surface area contributed by atoms with Crippen molar-refractivity contribution in [3.63, 3.8) is 0 Å². The van der Waals surface area contributed by atoms with E-state index in [9.17, 15) is 9.90 Å². The Morgan fingerprint density at radius 1 is 1.63 bits per heavy atom. The molecule has 0 saturated carbocycles. The van der Waals surface area contributed by atoms with Crippen LogP contribution in [-0.4, -0.2) is 30.3 Å². The first-order valence-electron chi connectivity index (χ1n) is 6.30. The monoisotopic (exact) mass is 261 g/mol. The van der Waals surface area contributed by atoms with Crippen LogP contribution >= 0.6 is 0 Å². The highest BCUT2D eigenvalue weighted by Crippen LogP contribution is 2.32. The number of ether oxygens (including phenoxy) is 1. The average molecular weight is 261 g/mol. The lowest BCUT2D eigenvalue weighted by Crippen LogP contribution is -2.35. The number of fused-ring (bicyclic) bond motifs is 1. The molecule has 0 radical (unpaired) electrons. The molecule has 1 amide bonds. The highest BCUT2D eigenvalue weighted by Gasteiger charge is 2.29. The maximum Gasteiger partial charge on any atom is 0.230 e. The molecule has 4 nitrogen and oxygen atoms in total. The van der Waals surface area contributed by atoms with Crippen LogP contribution in [0.15, 0.2) is 30.9 Å². The average Bonchev–Trinajstić information content (AvgIpc) is 2.81. The molecule has 0 saturated heterocycles. The number of aliphatic hydroxyl groups is 1. The summed E-state index contributed by atoms with van der Waals surface area (Å²) in [7, 11) is 1.63. The fraction of sp³-hybridized carbons (Fsp3) is 0.400.